The van der Waals surface area contributed by atoms with Crippen molar-refractivity contribution in [2.45, 2.75) is 44.7 Å². The summed E-state index contributed by atoms with van der Waals surface area (Å²) in [6, 6.07) is 0. The van der Waals surface area contributed by atoms with Gasteiger partial charge in [-0.15, -0.1) is 0 Å². The number of hydrogen-bond acceptors (Lipinski definition) is 2. The van der Waals surface area contributed by atoms with Gasteiger partial charge in [-0.3, -0.25) is 14.5 Å². The molecule has 2 aliphatic carbocycles. The smallest absolute Gasteiger partial charge is 0.233 e. The Morgan fingerprint density at radius 3 is 2.50 bits per heavy atom. The van der Waals surface area contributed by atoms with Crippen LogP contribution in [0.1, 0.15) is 33.6 Å². The average Bonchev–Trinajstić information content (AvgIpc) is 2.90. The zero-order valence-electron chi connectivity index (χ0n) is 11.6. The summed E-state index contributed by atoms with van der Waals surface area (Å²) in [6.45, 7) is 7.11. The summed E-state index contributed by atoms with van der Waals surface area (Å²) in [5.74, 6) is 1.53. The van der Waals surface area contributed by atoms with E-state index < -0.39 is 0 Å². The highest BCUT2D eigenvalue weighted by atomic mass is 28.2. The number of amides is 2. The van der Waals surface area contributed by atoms with Crippen molar-refractivity contribution in [1.82, 2.24) is 4.90 Å². The molecule has 0 aromatic heterocycles. The Morgan fingerprint density at radius 2 is 1.89 bits per heavy atom. The summed E-state index contributed by atoms with van der Waals surface area (Å²) in [7, 11) is -0.0863. The third kappa shape index (κ3) is 1.54. The summed E-state index contributed by atoms with van der Waals surface area (Å²) in [5, 5.41) is 0. The summed E-state index contributed by atoms with van der Waals surface area (Å²) in [6.07, 6.45) is 2.40. The molecule has 18 heavy (non-hydrogen) atoms. The van der Waals surface area contributed by atoms with E-state index in [0.29, 0.717) is 18.4 Å². The van der Waals surface area contributed by atoms with Crippen LogP contribution in [0.2, 0.25) is 11.1 Å². The van der Waals surface area contributed by atoms with Crippen molar-refractivity contribution in [2.24, 2.45) is 23.7 Å². The molecule has 0 radical (unpaired) electrons. The Morgan fingerprint density at radius 1 is 1.22 bits per heavy atom. The van der Waals surface area contributed by atoms with E-state index in [4.69, 9.17) is 0 Å². The van der Waals surface area contributed by atoms with Crippen molar-refractivity contribution >= 4 is 21.3 Å². The number of nitrogens with zero attached hydrogens (tertiary/aromatic N) is 1. The molecular weight excluding hydrogens is 242 g/mol. The molecule has 5 atom stereocenters. The predicted molar refractivity (Wildman–Crippen MR) is 73.0 cm³/mol. The first-order valence-electron chi connectivity index (χ1n) is 7.39. The van der Waals surface area contributed by atoms with Gasteiger partial charge >= 0.3 is 0 Å². The van der Waals surface area contributed by atoms with Crippen molar-refractivity contribution in [2.75, 3.05) is 6.54 Å². The van der Waals surface area contributed by atoms with Gasteiger partial charge in [0.25, 0.3) is 0 Å². The summed E-state index contributed by atoms with van der Waals surface area (Å²) in [5.41, 5.74) is 1.66. The largest absolute Gasteiger partial charge is 0.282 e. The highest BCUT2D eigenvalue weighted by Gasteiger charge is 2.63. The molecule has 100 valence electrons. The normalized spacial score (nSPS) is 42.9. The fourth-order valence-electron chi connectivity index (χ4n) is 4.84. The number of rotatable bonds is 3. The molecule has 3 aliphatic rings. The second-order valence-corrected chi connectivity index (χ2v) is 9.91. The molecule has 2 amide bonds. The standard InChI is InChI=1S/C14H23NO2Si/c1-4-15-13(16)11-8-5-9(12(11)14(15)17)10(6-8)18-7(2)3/h7-12H,4-6,18H2,1-3H3. The third-order valence-electron chi connectivity index (χ3n) is 5.33. The lowest BCUT2D eigenvalue weighted by Gasteiger charge is -2.29. The second kappa shape index (κ2) is 4.19. The molecule has 0 N–H and O–H groups in total. The Kier molecular flexibility index (Phi) is 2.88. The minimum atomic E-state index is -0.0863. The molecule has 3 rings (SSSR count). The molecule has 0 aromatic rings. The SMILES string of the molecule is CCN1C(=O)C2C3CC([SiH2]C(C)C)C(C3)C2C1=O. The average molecular weight is 265 g/mol. The molecule has 1 heterocycles. The fraction of sp³-hybridized carbons (Fsp3) is 0.857. The van der Waals surface area contributed by atoms with Crippen molar-refractivity contribution in [3.63, 3.8) is 0 Å². The number of imide groups is 1. The highest BCUT2D eigenvalue weighted by molar-refractivity contribution is 6.39. The Labute approximate surface area is 111 Å². The van der Waals surface area contributed by atoms with E-state index in [-0.39, 0.29) is 33.2 Å². The van der Waals surface area contributed by atoms with Gasteiger partial charge in [-0.25, -0.2) is 0 Å². The van der Waals surface area contributed by atoms with Crippen molar-refractivity contribution < 1.29 is 9.59 Å². The van der Waals surface area contributed by atoms with E-state index in [9.17, 15) is 9.59 Å². The fourth-order valence-corrected chi connectivity index (χ4v) is 7.51. The highest BCUT2D eigenvalue weighted by Crippen LogP contribution is 2.61. The zero-order valence-corrected chi connectivity index (χ0v) is 13.0. The molecule has 2 saturated carbocycles. The molecule has 2 bridgehead atoms. The van der Waals surface area contributed by atoms with Gasteiger partial charge in [0.1, 0.15) is 0 Å². The first-order valence-corrected chi connectivity index (χ1v) is 9.03. The number of likely N-dealkylation sites (tertiary alicyclic amines) is 1. The number of carbonyl (C=O) groups is 2. The zero-order chi connectivity index (χ0) is 13.0. The van der Waals surface area contributed by atoms with Crippen molar-refractivity contribution in [3.8, 4) is 0 Å². The topological polar surface area (TPSA) is 37.4 Å². The minimum absolute atomic E-state index is 0.0693. The molecule has 4 heteroatoms. The van der Waals surface area contributed by atoms with Crippen molar-refractivity contribution in [1.29, 1.82) is 0 Å². The van der Waals surface area contributed by atoms with Gasteiger partial charge in [0, 0.05) is 16.1 Å². The van der Waals surface area contributed by atoms with E-state index in [1.807, 2.05) is 6.92 Å². The van der Waals surface area contributed by atoms with Crippen molar-refractivity contribution in [3.05, 3.63) is 0 Å². The molecule has 1 saturated heterocycles. The predicted octanol–water partition coefficient (Wildman–Crippen LogP) is 1.43. The Bertz CT molecular complexity index is 395. The molecule has 3 nitrogen and oxygen atoms in total. The Balaban J connectivity index is 1.83. The minimum Gasteiger partial charge on any atom is -0.282 e. The molecule has 5 unspecified atom stereocenters. The van der Waals surface area contributed by atoms with Crippen LogP contribution in [0, 0.1) is 23.7 Å². The summed E-state index contributed by atoms with van der Waals surface area (Å²) < 4.78 is 0. The van der Waals surface area contributed by atoms with Gasteiger partial charge in [-0.05, 0) is 37.1 Å². The van der Waals surface area contributed by atoms with Crippen LogP contribution >= 0.6 is 0 Å². The van der Waals surface area contributed by atoms with Crippen LogP contribution in [0.4, 0.5) is 0 Å². The number of carbonyl (C=O) groups excluding carboxylic acids is 2. The van der Waals surface area contributed by atoms with Crippen LogP contribution in [0.25, 0.3) is 0 Å². The van der Waals surface area contributed by atoms with Gasteiger partial charge in [0.2, 0.25) is 11.8 Å². The molecule has 0 aromatic carbocycles. The lowest BCUT2D eigenvalue weighted by atomic mass is 9.81. The molecule has 3 fully saturated rings. The monoisotopic (exact) mass is 265 g/mol. The lowest BCUT2D eigenvalue weighted by molar-refractivity contribution is -0.140. The Hall–Kier alpha value is -0.643. The summed E-state index contributed by atoms with van der Waals surface area (Å²) >= 11 is 0. The van der Waals surface area contributed by atoms with Gasteiger partial charge in [-0.1, -0.05) is 19.4 Å². The number of hydrogen-bond donors (Lipinski definition) is 0. The van der Waals surface area contributed by atoms with Crippen LogP contribution in [-0.2, 0) is 9.59 Å². The first kappa shape index (κ1) is 12.4. The van der Waals surface area contributed by atoms with Crippen LogP contribution in [0.3, 0.4) is 0 Å². The number of fused-ring (bicyclic) bond motifs is 5. The van der Waals surface area contributed by atoms with E-state index >= 15 is 0 Å². The van der Waals surface area contributed by atoms with E-state index in [1.54, 1.807) is 0 Å². The maximum absolute atomic E-state index is 12.4. The van der Waals surface area contributed by atoms with Crippen LogP contribution < -0.4 is 0 Å². The van der Waals surface area contributed by atoms with Gasteiger partial charge < -0.3 is 0 Å². The maximum Gasteiger partial charge on any atom is 0.233 e. The second-order valence-electron chi connectivity index (χ2n) is 6.76. The van der Waals surface area contributed by atoms with E-state index in [1.165, 1.54) is 11.3 Å². The van der Waals surface area contributed by atoms with Gasteiger partial charge in [0.05, 0.1) is 11.8 Å². The maximum atomic E-state index is 12.4. The lowest BCUT2D eigenvalue weighted by Crippen LogP contribution is -2.32. The van der Waals surface area contributed by atoms with E-state index in [2.05, 4.69) is 13.8 Å². The van der Waals surface area contributed by atoms with Crippen LogP contribution in [0.15, 0.2) is 0 Å². The molecule has 0 spiro atoms. The van der Waals surface area contributed by atoms with Crippen LogP contribution in [-0.4, -0.2) is 32.8 Å². The van der Waals surface area contributed by atoms with Gasteiger partial charge in [0.15, 0.2) is 0 Å². The third-order valence-corrected chi connectivity index (χ3v) is 7.82. The quantitative estimate of drug-likeness (QED) is 0.572. The molecule has 1 aliphatic heterocycles. The molecular formula is C14H23NO2Si. The first-order chi connectivity index (χ1) is 8.54. The van der Waals surface area contributed by atoms with Gasteiger partial charge in [-0.2, -0.15) is 0 Å². The summed E-state index contributed by atoms with van der Waals surface area (Å²) in [4.78, 5) is 26.2. The van der Waals surface area contributed by atoms with Crippen LogP contribution in [0.5, 0.6) is 0 Å². The van der Waals surface area contributed by atoms with E-state index in [0.717, 1.165) is 17.5 Å².